The van der Waals surface area contributed by atoms with Crippen molar-refractivity contribution in [1.29, 1.82) is 0 Å². The van der Waals surface area contributed by atoms with Gasteiger partial charge in [-0.15, -0.1) is 0 Å². The van der Waals surface area contributed by atoms with Crippen molar-refractivity contribution in [2.45, 2.75) is 18.3 Å². The monoisotopic (exact) mass is 825 g/mol. The van der Waals surface area contributed by atoms with Crippen LogP contribution in [0.25, 0.3) is 105 Å². The highest BCUT2D eigenvalue weighted by atomic mass is 15.0. The first-order chi connectivity index (χ1) is 32.3. The zero-order valence-electron chi connectivity index (χ0n) is 35.5. The molecule has 0 bridgehead atoms. The minimum Gasteiger partial charge on any atom is -0.309 e. The van der Waals surface area contributed by atoms with Crippen molar-refractivity contribution in [2.75, 3.05) is 0 Å². The Balaban J connectivity index is 0.993. The van der Waals surface area contributed by atoms with Crippen molar-refractivity contribution in [1.82, 2.24) is 14.1 Å². The topological polar surface area (TPSA) is 22.8 Å². The van der Waals surface area contributed by atoms with Gasteiger partial charge in [0.15, 0.2) is 0 Å². The number of aromatic nitrogens is 3. The molecule has 0 radical (unpaired) electrons. The van der Waals surface area contributed by atoms with E-state index in [0.717, 1.165) is 41.0 Å². The second-order valence-corrected chi connectivity index (χ2v) is 18.0. The largest absolute Gasteiger partial charge is 0.309 e. The molecule has 3 aliphatic carbocycles. The van der Waals surface area contributed by atoms with Gasteiger partial charge in [-0.3, -0.25) is 0 Å². The molecule has 0 aliphatic heterocycles. The zero-order valence-corrected chi connectivity index (χ0v) is 35.5. The van der Waals surface area contributed by atoms with Crippen LogP contribution in [0.3, 0.4) is 0 Å². The van der Waals surface area contributed by atoms with E-state index in [-0.39, 0.29) is 5.41 Å². The van der Waals surface area contributed by atoms with E-state index in [0.29, 0.717) is 0 Å². The van der Waals surface area contributed by atoms with E-state index in [2.05, 4.69) is 221 Å². The summed E-state index contributed by atoms with van der Waals surface area (Å²) in [6.07, 6.45) is 6.85. The van der Waals surface area contributed by atoms with Gasteiger partial charge in [0.25, 0.3) is 0 Å². The minimum absolute atomic E-state index is 0.337. The molecule has 3 nitrogen and oxygen atoms in total. The molecule has 3 aromatic heterocycles. The normalized spacial score (nSPS) is 16.1. The van der Waals surface area contributed by atoms with Crippen molar-refractivity contribution in [2.24, 2.45) is 0 Å². The predicted octanol–water partition coefficient (Wildman–Crippen LogP) is 15.7. The number of fused-ring (bicyclic) bond motifs is 19. The van der Waals surface area contributed by atoms with Gasteiger partial charge in [-0.25, -0.2) is 4.98 Å². The molecule has 302 valence electrons. The Morgan fingerprint density at radius 1 is 0.431 bits per heavy atom. The van der Waals surface area contributed by atoms with Gasteiger partial charge in [-0.2, -0.15) is 0 Å². The summed E-state index contributed by atoms with van der Waals surface area (Å²) >= 11 is 0. The van der Waals surface area contributed by atoms with Crippen LogP contribution in [0.15, 0.2) is 218 Å². The molecule has 0 fully saturated rings. The third kappa shape index (κ3) is 4.52. The second-order valence-electron chi connectivity index (χ2n) is 18.0. The molecule has 1 unspecified atom stereocenters. The Morgan fingerprint density at radius 3 is 1.82 bits per heavy atom. The molecule has 0 saturated heterocycles. The van der Waals surface area contributed by atoms with E-state index in [1.807, 2.05) is 0 Å². The standard InChI is InChI=1S/C62H39N3/c1-2-18-39(19-3-1)64-55-31-14-8-23-43(55)48-37-58-49(36-57(48)64)44-24-9-15-32-56(44)65(58)40-20-16-17-38(35-40)61-47-33-34-53-60(59(47)46-26-7-13-30-54(46)63-61)45-25-6-12-29-52(45)62(53)50-27-10-4-21-41(50)42-22-5-11-28-51(42)62/h1-10,12-27,29-37H,11,28H2. The maximum Gasteiger partial charge on any atom is 0.0789 e. The average Bonchev–Trinajstić information content (AvgIpc) is 4.07. The van der Waals surface area contributed by atoms with E-state index in [9.17, 15) is 0 Å². The van der Waals surface area contributed by atoms with Crippen LogP contribution in [0.5, 0.6) is 0 Å². The number of hydrogen-bond donors (Lipinski definition) is 0. The van der Waals surface area contributed by atoms with Crippen LogP contribution in [0.4, 0.5) is 0 Å². The first kappa shape index (κ1) is 35.2. The first-order valence-electron chi connectivity index (χ1n) is 22.9. The molecule has 0 N–H and O–H groups in total. The van der Waals surface area contributed by atoms with Crippen LogP contribution in [-0.4, -0.2) is 14.1 Å². The number of benzene rings is 9. The Bertz CT molecular complexity index is 4120. The zero-order chi connectivity index (χ0) is 42.4. The molecule has 1 atom stereocenters. The van der Waals surface area contributed by atoms with Gasteiger partial charge in [-0.1, -0.05) is 158 Å². The first-order valence-corrected chi connectivity index (χ1v) is 22.9. The molecule has 9 aromatic carbocycles. The summed E-state index contributed by atoms with van der Waals surface area (Å²) in [5.74, 6) is 0. The van der Waals surface area contributed by atoms with Crippen molar-refractivity contribution < 1.29 is 0 Å². The van der Waals surface area contributed by atoms with E-state index in [1.54, 1.807) is 0 Å². The summed E-state index contributed by atoms with van der Waals surface area (Å²) < 4.78 is 4.88. The van der Waals surface area contributed by atoms with Gasteiger partial charge < -0.3 is 9.13 Å². The third-order valence-electron chi connectivity index (χ3n) is 15.0. The fourth-order valence-corrected chi connectivity index (χ4v) is 12.5. The molecular formula is C62H39N3. The molecule has 0 saturated carbocycles. The van der Waals surface area contributed by atoms with E-state index in [1.165, 1.54) is 104 Å². The lowest BCUT2D eigenvalue weighted by Gasteiger charge is -2.33. The lowest BCUT2D eigenvalue weighted by Crippen LogP contribution is -2.27. The van der Waals surface area contributed by atoms with Gasteiger partial charge in [0.2, 0.25) is 0 Å². The van der Waals surface area contributed by atoms with Crippen LogP contribution in [-0.2, 0) is 5.41 Å². The molecule has 3 heterocycles. The number of rotatable bonds is 3. The molecule has 15 rings (SSSR count). The van der Waals surface area contributed by atoms with Crippen molar-refractivity contribution in [3.8, 4) is 33.8 Å². The highest BCUT2D eigenvalue weighted by molar-refractivity contribution is 6.21. The quantitative estimate of drug-likeness (QED) is 0.163. The smallest absolute Gasteiger partial charge is 0.0789 e. The average molecular weight is 826 g/mol. The molecule has 0 amide bonds. The Labute approximate surface area is 375 Å². The van der Waals surface area contributed by atoms with Gasteiger partial charge in [0, 0.05) is 54.6 Å². The number of nitrogens with zero attached hydrogens (tertiary/aromatic N) is 3. The maximum absolute atomic E-state index is 5.57. The van der Waals surface area contributed by atoms with E-state index < -0.39 is 0 Å². The number of pyridine rings is 1. The Kier molecular flexibility index (Phi) is 6.99. The molecule has 1 spiro atoms. The summed E-state index contributed by atoms with van der Waals surface area (Å²) in [6, 6.07) is 74.4. The Hall–Kier alpha value is -8.27. The summed E-state index contributed by atoms with van der Waals surface area (Å²) in [5, 5.41) is 8.60. The predicted molar refractivity (Wildman–Crippen MR) is 270 cm³/mol. The maximum atomic E-state index is 5.57. The number of hydrogen-bond acceptors (Lipinski definition) is 1. The van der Waals surface area contributed by atoms with Crippen LogP contribution >= 0.6 is 0 Å². The minimum atomic E-state index is -0.337. The third-order valence-corrected chi connectivity index (χ3v) is 15.0. The molecule has 3 aliphatic rings. The summed E-state index contributed by atoms with van der Waals surface area (Å²) in [5.41, 5.74) is 21.0. The van der Waals surface area contributed by atoms with Gasteiger partial charge in [0.05, 0.1) is 38.7 Å². The lowest BCUT2D eigenvalue weighted by molar-refractivity contribution is 0.714. The summed E-state index contributed by atoms with van der Waals surface area (Å²) in [4.78, 5) is 5.57. The molecule has 12 aromatic rings. The van der Waals surface area contributed by atoms with E-state index >= 15 is 0 Å². The Morgan fingerprint density at radius 2 is 1.05 bits per heavy atom. The van der Waals surface area contributed by atoms with Crippen LogP contribution < -0.4 is 0 Å². The van der Waals surface area contributed by atoms with Crippen molar-refractivity contribution in [3.63, 3.8) is 0 Å². The van der Waals surface area contributed by atoms with Gasteiger partial charge in [0.1, 0.15) is 0 Å². The summed E-state index contributed by atoms with van der Waals surface area (Å²) in [6.45, 7) is 0. The van der Waals surface area contributed by atoms with Crippen LogP contribution in [0.1, 0.15) is 35.1 Å². The fraction of sp³-hybridized carbons (Fsp3) is 0.0484. The second kappa shape index (κ2) is 12.9. The van der Waals surface area contributed by atoms with Crippen LogP contribution in [0.2, 0.25) is 0 Å². The highest BCUT2D eigenvalue weighted by Crippen LogP contribution is 2.65. The molecular weight excluding hydrogens is 787 g/mol. The molecule has 3 heteroatoms. The SMILES string of the molecule is C1=CC2=C(CC1)C1(c3ccccc32)c2ccccc2-c2c1ccc1c(-c3cccc(-n4c5ccccc5c5cc6c(cc54)c4ccccc4n6-c4ccccc4)c3)nc3ccccc3c21. The lowest BCUT2D eigenvalue weighted by atomic mass is 9.68. The highest BCUT2D eigenvalue weighted by Gasteiger charge is 2.53. The summed E-state index contributed by atoms with van der Waals surface area (Å²) in [7, 11) is 0. The van der Waals surface area contributed by atoms with Crippen molar-refractivity contribution in [3.05, 3.63) is 240 Å². The number of allylic oxidation sites excluding steroid dienone is 4. The van der Waals surface area contributed by atoms with E-state index in [4.69, 9.17) is 4.98 Å². The van der Waals surface area contributed by atoms with Gasteiger partial charge in [-0.05, 0) is 112 Å². The van der Waals surface area contributed by atoms with Gasteiger partial charge >= 0.3 is 0 Å². The number of para-hydroxylation sites is 4. The van der Waals surface area contributed by atoms with Crippen LogP contribution in [0, 0.1) is 0 Å². The fourth-order valence-electron chi connectivity index (χ4n) is 12.5. The molecule has 65 heavy (non-hydrogen) atoms. The van der Waals surface area contributed by atoms with Crippen molar-refractivity contribution >= 4 is 70.9 Å².